The van der Waals surface area contributed by atoms with Gasteiger partial charge in [-0.25, -0.2) is 8.42 Å². The summed E-state index contributed by atoms with van der Waals surface area (Å²) < 4.78 is 23.9. The van der Waals surface area contributed by atoms with Crippen LogP contribution in [0.1, 0.15) is 20.3 Å². The minimum absolute atomic E-state index is 0.253. The van der Waals surface area contributed by atoms with Gasteiger partial charge in [0.05, 0.1) is 5.25 Å². The van der Waals surface area contributed by atoms with Crippen molar-refractivity contribution in [3.63, 3.8) is 0 Å². The molecule has 0 aliphatic heterocycles. The van der Waals surface area contributed by atoms with Gasteiger partial charge in [0.25, 0.3) is 0 Å². The number of sulfonamides is 1. The van der Waals surface area contributed by atoms with Crippen LogP contribution in [0.4, 0.5) is 0 Å². The van der Waals surface area contributed by atoms with Gasteiger partial charge in [-0.3, -0.25) is 9.52 Å². The van der Waals surface area contributed by atoms with Crippen molar-refractivity contribution in [2.75, 3.05) is 0 Å². The zero-order chi connectivity index (χ0) is 9.07. The second kappa shape index (κ2) is 3.71. The summed E-state index contributed by atoms with van der Waals surface area (Å²) in [5.74, 6) is -0.565. The van der Waals surface area contributed by atoms with E-state index in [0.29, 0.717) is 0 Å². The Labute approximate surface area is 67.0 Å². The number of rotatable bonds is 3. The van der Waals surface area contributed by atoms with Gasteiger partial charge in [0.15, 0.2) is 0 Å². The number of amides is 1. The highest BCUT2D eigenvalue weighted by Gasteiger charge is 2.19. The Kier molecular flexibility index (Phi) is 3.51. The van der Waals surface area contributed by atoms with Crippen molar-refractivity contribution in [1.29, 1.82) is 0 Å². The molecule has 0 aliphatic rings. The molecule has 4 nitrogen and oxygen atoms in total. The number of carbonyl (C=O) groups is 1. The highest BCUT2D eigenvalue weighted by atomic mass is 32.2. The summed E-state index contributed by atoms with van der Waals surface area (Å²) in [6.07, 6.45) is 0.253. The molecule has 0 aromatic heterocycles. The van der Waals surface area contributed by atoms with Gasteiger partial charge in [0.1, 0.15) is 0 Å². The summed E-state index contributed by atoms with van der Waals surface area (Å²) in [4.78, 5) is 10.4. The van der Waals surface area contributed by atoms with E-state index in [2.05, 4.69) is 6.92 Å². The highest BCUT2D eigenvalue weighted by molar-refractivity contribution is 7.90. The van der Waals surface area contributed by atoms with Crippen LogP contribution in [-0.2, 0) is 14.8 Å². The van der Waals surface area contributed by atoms with E-state index in [0.717, 1.165) is 6.92 Å². The zero-order valence-corrected chi connectivity index (χ0v) is 7.44. The van der Waals surface area contributed by atoms with Crippen molar-refractivity contribution >= 4 is 15.9 Å². The first-order chi connectivity index (χ1) is 4.90. The fraction of sp³-hybridized carbons (Fsp3) is 0.667. The first-order valence-electron chi connectivity index (χ1n) is 3.21. The summed E-state index contributed by atoms with van der Waals surface area (Å²) in [5.41, 5.74) is 0. The van der Waals surface area contributed by atoms with Crippen molar-refractivity contribution in [2.24, 2.45) is 0 Å². The molecule has 5 heteroatoms. The molecule has 0 heterocycles. The maximum absolute atomic E-state index is 11.0. The lowest BCUT2D eigenvalue weighted by Gasteiger charge is -2.09. The summed E-state index contributed by atoms with van der Waals surface area (Å²) >= 11 is 0. The van der Waals surface area contributed by atoms with Crippen LogP contribution in [-0.4, -0.2) is 19.6 Å². The Morgan fingerprint density at radius 1 is 1.64 bits per heavy atom. The van der Waals surface area contributed by atoms with E-state index in [9.17, 15) is 13.2 Å². The van der Waals surface area contributed by atoms with Gasteiger partial charge < -0.3 is 0 Å². The van der Waals surface area contributed by atoms with E-state index in [1.54, 1.807) is 0 Å². The van der Waals surface area contributed by atoms with Crippen molar-refractivity contribution < 1.29 is 13.2 Å². The summed E-state index contributed by atoms with van der Waals surface area (Å²) in [6, 6.07) is 0. The Morgan fingerprint density at radius 2 is 2.09 bits per heavy atom. The quantitative estimate of drug-likeness (QED) is 0.665. The molecule has 0 aliphatic carbocycles. The zero-order valence-electron chi connectivity index (χ0n) is 6.62. The maximum Gasteiger partial charge on any atom is 0.237 e. The number of hydrogen-bond donors (Lipinski definition) is 1. The summed E-state index contributed by atoms with van der Waals surface area (Å²) in [5, 5.41) is -0.619. The molecule has 1 N–H and O–H groups in total. The van der Waals surface area contributed by atoms with Crippen LogP contribution in [0, 0.1) is 6.92 Å². The average molecular weight is 178 g/mol. The van der Waals surface area contributed by atoms with Gasteiger partial charge in [-0.1, -0.05) is 6.92 Å². The van der Waals surface area contributed by atoms with Gasteiger partial charge in [-0.05, 0) is 13.3 Å². The van der Waals surface area contributed by atoms with Gasteiger partial charge in [0, 0.05) is 6.92 Å². The van der Waals surface area contributed by atoms with Crippen LogP contribution in [0.15, 0.2) is 0 Å². The molecular formula is C6H12NO3S. The molecule has 0 aromatic carbocycles. The van der Waals surface area contributed by atoms with Crippen molar-refractivity contribution in [3.8, 4) is 0 Å². The number of carbonyl (C=O) groups excluding carboxylic acids is 1. The molecule has 1 amide bonds. The molecule has 0 aromatic rings. The monoisotopic (exact) mass is 178 g/mol. The third-order valence-corrected chi connectivity index (χ3v) is 3.09. The molecule has 65 valence electrons. The van der Waals surface area contributed by atoms with E-state index in [1.807, 2.05) is 4.72 Å². The lowest BCUT2D eigenvalue weighted by atomic mass is 10.4. The Bertz CT molecular complexity index is 232. The van der Waals surface area contributed by atoms with Crippen molar-refractivity contribution in [2.45, 2.75) is 25.5 Å². The molecular weight excluding hydrogens is 166 g/mol. The van der Waals surface area contributed by atoms with Crippen LogP contribution < -0.4 is 4.72 Å². The lowest BCUT2D eigenvalue weighted by molar-refractivity contribution is -0.117. The first kappa shape index (κ1) is 10.4. The van der Waals surface area contributed by atoms with E-state index in [1.165, 1.54) is 6.92 Å². The van der Waals surface area contributed by atoms with Crippen molar-refractivity contribution in [1.82, 2.24) is 4.72 Å². The van der Waals surface area contributed by atoms with Crippen LogP contribution >= 0.6 is 0 Å². The summed E-state index contributed by atoms with van der Waals surface area (Å²) in [7, 11) is -3.47. The molecule has 0 saturated carbocycles. The molecule has 0 spiro atoms. The van der Waals surface area contributed by atoms with Crippen LogP contribution in [0.3, 0.4) is 0 Å². The minimum atomic E-state index is -3.47. The molecule has 1 radical (unpaired) electrons. The van der Waals surface area contributed by atoms with E-state index in [4.69, 9.17) is 0 Å². The van der Waals surface area contributed by atoms with Crippen LogP contribution in [0.5, 0.6) is 0 Å². The number of nitrogens with one attached hydrogen (secondary N) is 1. The molecule has 0 bridgehead atoms. The molecule has 11 heavy (non-hydrogen) atoms. The molecule has 0 rings (SSSR count). The molecule has 1 unspecified atom stereocenters. The highest BCUT2D eigenvalue weighted by Crippen LogP contribution is 2.01. The first-order valence-corrected chi connectivity index (χ1v) is 4.76. The third kappa shape index (κ3) is 3.36. The maximum atomic E-state index is 11.0. The average Bonchev–Trinajstić information content (AvgIpc) is 1.83. The largest absolute Gasteiger partial charge is 0.274 e. The SMILES string of the molecule is [CH2]CC(C)S(=O)(=O)NC(C)=O. The minimum Gasteiger partial charge on any atom is -0.274 e. The van der Waals surface area contributed by atoms with E-state index >= 15 is 0 Å². The van der Waals surface area contributed by atoms with Gasteiger partial charge in [0.2, 0.25) is 15.9 Å². The Morgan fingerprint density at radius 3 is 2.36 bits per heavy atom. The molecule has 1 atom stereocenters. The fourth-order valence-corrected chi connectivity index (χ4v) is 1.37. The van der Waals surface area contributed by atoms with Crippen LogP contribution in [0.2, 0.25) is 0 Å². The topological polar surface area (TPSA) is 63.2 Å². The number of hydrogen-bond acceptors (Lipinski definition) is 3. The second-order valence-corrected chi connectivity index (χ2v) is 4.40. The van der Waals surface area contributed by atoms with Gasteiger partial charge in [-0.2, -0.15) is 0 Å². The van der Waals surface area contributed by atoms with Crippen molar-refractivity contribution in [3.05, 3.63) is 6.92 Å². The standard InChI is InChI=1S/C6H12NO3S/c1-4-5(2)11(9,10)7-6(3)8/h5H,1,4H2,2-3H3,(H,7,8). The predicted molar refractivity (Wildman–Crippen MR) is 42.2 cm³/mol. The summed E-state index contributed by atoms with van der Waals surface area (Å²) in [6.45, 7) is 6.09. The third-order valence-electron chi connectivity index (χ3n) is 1.22. The molecule has 0 saturated heterocycles. The van der Waals surface area contributed by atoms with E-state index < -0.39 is 21.2 Å². The fourth-order valence-electron chi connectivity index (χ4n) is 0.456. The Balaban J connectivity index is 4.35. The smallest absolute Gasteiger partial charge is 0.237 e. The lowest BCUT2D eigenvalue weighted by Crippen LogP contribution is -2.35. The molecule has 0 fully saturated rings. The van der Waals surface area contributed by atoms with Crippen LogP contribution in [0.25, 0.3) is 0 Å². The second-order valence-electron chi connectivity index (χ2n) is 2.30. The van der Waals surface area contributed by atoms with Gasteiger partial charge in [-0.15, -0.1) is 0 Å². The Hall–Kier alpha value is -0.580. The normalized spacial score (nSPS) is 14.1. The predicted octanol–water partition coefficient (Wildman–Crippen LogP) is 0.0650. The van der Waals surface area contributed by atoms with E-state index in [-0.39, 0.29) is 6.42 Å². The van der Waals surface area contributed by atoms with Gasteiger partial charge >= 0.3 is 0 Å².